The van der Waals surface area contributed by atoms with Crippen molar-refractivity contribution in [2.24, 2.45) is 0 Å². The van der Waals surface area contributed by atoms with Crippen molar-refractivity contribution in [2.45, 2.75) is 45.5 Å². The molecule has 0 bridgehead atoms. The largest absolute Gasteiger partial charge is 0.496 e. The molecule has 9 heteroatoms. The Bertz CT molecular complexity index is 1340. The van der Waals surface area contributed by atoms with Crippen LogP contribution < -0.4 is 19.6 Å². The molecular formula is C24H24O9. The molecule has 0 fully saturated rings. The van der Waals surface area contributed by atoms with Gasteiger partial charge in [-0.2, -0.15) is 0 Å². The van der Waals surface area contributed by atoms with Crippen LogP contribution >= 0.6 is 0 Å². The Kier molecular flexibility index (Phi) is 5.43. The minimum absolute atomic E-state index is 0.0882. The lowest BCUT2D eigenvalue weighted by Gasteiger charge is -2.43. The number of hydrogen-bond acceptors (Lipinski definition) is 9. The number of esters is 2. The van der Waals surface area contributed by atoms with Crippen LogP contribution in [0.15, 0.2) is 33.5 Å². The molecule has 0 aliphatic carbocycles. The number of hydrogen-bond donors (Lipinski definition) is 0. The van der Waals surface area contributed by atoms with Crippen molar-refractivity contribution >= 4 is 33.9 Å². The molecule has 0 unspecified atom stereocenters. The van der Waals surface area contributed by atoms with Crippen LogP contribution in [0, 0.1) is 0 Å². The summed E-state index contributed by atoms with van der Waals surface area (Å²) in [5.74, 6) is -0.336. The minimum atomic E-state index is -1.10. The van der Waals surface area contributed by atoms with Crippen LogP contribution in [0.25, 0.3) is 21.9 Å². The fraction of sp³-hybridized carbons (Fsp3) is 0.375. The monoisotopic (exact) mass is 456 g/mol. The standard InChI is InChI=1S/C24H24O9/c1-11(25)30-22-18-16(33-24(3,4)23(22)31-12(2)26)10-15(29-6)17-19(27)13-8-7-9-14(28-5)20(13)32-21(17)18/h7-10,22-23H,1-6H3/t22-,23-/m0/s1. The molecule has 1 aliphatic rings. The zero-order valence-corrected chi connectivity index (χ0v) is 19.1. The van der Waals surface area contributed by atoms with Crippen molar-refractivity contribution < 1.29 is 37.7 Å². The zero-order valence-electron chi connectivity index (χ0n) is 19.1. The van der Waals surface area contributed by atoms with Gasteiger partial charge in [0, 0.05) is 19.9 Å². The highest BCUT2D eigenvalue weighted by Gasteiger charge is 2.50. The Morgan fingerprint density at radius 2 is 1.64 bits per heavy atom. The van der Waals surface area contributed by atoms with Crippen LogP contribution in [0.2, 0.25) is 0 Å². The van der Waals surface area contributed by atoms with Gasteiger partial charge in [-0.15, -0.1) is 0 Å². The number of rotatable bonds is 4. The van der Waals surface area contributed by atoms with E-state index in [0.717, 1.165) is 0 Å². The third kappa shape index (κ3) is 3.63. The first-order valence-corrected chi connectivity index (χ1v) is 10.3. The van der Waals surface area contributed by atoms with Crippen LogP contribution in [-0.2, 0) is 19.1 Å². The highest BCUT2D eigenvalue weighted by molar-refractivity contribution is 5.98. The Morgan fingerprint density at radius 1 is 0.970 bits per heavy atom. The minimum Gasteiger partial charge on any atom is -0.496 e. The molecule has 174 valence electrons. The van der Waals surface area contributed by atoms with E-state index in [9.17, 15) is 14.4 Å². The van der Waals surface area contributed by atoms with Crippen LogP contribution in [-0.4, -0.2) is 37.9 Å². The molecule has 0 spiro atoms. The highest BCUT2D eigenvalue weighted by Crippen LogP contribution is 2.49. The fourth-order valence-electron chi connectivity index (χ4n) is 4.20. The second kappa shape index (κ2) is 7.99. The SMILES string of the molecule is COc1cccc2c(=O)c3c(OC)cc4c(c3oc12)[C@H](OC(C)=O)[C@H](OC(C)=O)C(C)(C)O4. The Labute approximate surface area is 189 Å². The third-order valence-corrected chi connectivity index (χ3v) is 5.54. The first-order chi connectivity index (χ1) is 15.6. The van der Waals surface area contributed by atoms with Gasteiger partial charge in [0.15, 0.2) is 29.1 Å². The average Bonchev–Trinajstić information content (AvgIpc) is 2.74. The molecule has 1 aromatic heterocycles. The van der Waals surface area contributed by atoms with E-state index >= 15 is 0 Å². The van der Waals surface area contributed by atoms with Gasteiger partial charge < -0.3 is 28.1 Å². The molecule has 3 aromatic rings. The van der Waals surface area contributed by atoms with Crippen molar-refractivity contribution in [1.82, 2.24) is 0 Å². The van der Waals surface area contributed by atoms with Crippen LogP contribution in [0.1, 0.15) is 39.4 Å². The molecule has 33 heavy (non-hydrogen) atoms. The molecule has 0 amide bonds. The Balaban J connectivity index is 2.16. The molecule has 0 N–H and O–H groups in total. The Hall–Kier alpha value is -3.75. The fourth-order valence-corrected chi connectivity index (χ4v) is 4.20. The number of methoxy groups -OCH3 is 2. The predicted octanol–water partition coefficient (Wildman–Crippen LogP) is 3.67. The second-order valence-corrected chi connectivity index (χ2v) is 8.23. The van der Waals surface area contributed by atoms with Crippen LogP contribution in [0.3, 0.4) is 0 Å². The van der Waals surface area contributed by atoms with Crippen molar-refractivity contribution in [3.05, 3.63) is 40.1 Å². The zero-order chi connectivity index (χ0) is 24.1. The smallest absolute Gasteiger partial charge is 0.303 e. The van der Waals surface area contributed by atoms with Gasteiger partial charge in [0.05, 0.1) is 25.2 Å². The summed E-state index contributed by atoms with van der Waals surface area (Å²) in [6.07, 6.45) is -2.12. The summed E-state index contributed by atoms with van der Waals surface area (Å²) < 4.78 is 34.4. The van der Waals surface area contributed by atoms with E-state index in [-0.39, 0.29) is 44.4 Å². The van der Waals surface area contributed by atoms with Gasteiger partial charge in [-0.25, -0.2) is 0 Å². The highest BCUT2D eigenvalue weighted by atomic mass is 16.6. The summed E-state index contributed by atoms with van der Waals surface area (Å²) in [7, 11) is 2.89. The molecule has 0 saturated carbocycles. The molecule has 2 aromatic carbocycles. The molecule has 2 heterocycles. The van der Waals surface area contributed by atoms with Gasteiger partial charge in [0.25, 0.3) is 0 Å². The number of carbonyl (C=O) groups excluding carboxylic acids is 2. The molecule has 0 radical (unpaired) electrons. The summed E-state index contributed by atoms with van der Waals surface area (Å²) in [6, 6.07) is 6.50. The van der Waals surface area contributed by atoms with Gasteiger partial charge in [-0.1, -0.05) is 6.07 Å². The van der Waals surface area contributed by atoms with Gasteiger partial charge in [0.2, 0.25) is 5.43 Å². The van der Waals surface area contributed by atoms with Gasteiger partial charge in [0.1, 0.15) is 22.5 Å². The lowest BCUT2D eigenvalue weighted by Crippen LogP contribution is -2.52. The third-order valence-electron chi connectivity index (χ3n) is 5.54. The van der Waals surface area contributed by atoms with E-state index in [1.807, 2.05) is 0 Å². The molecule has 9 nitrogen and oxygen atoms in total. The van der Waals surface area contributed by atoms with Crippen molar-refractivity contribution in [3.63, 3.8) is 0 Å². The quantitative estimate of drug-likeness (QED) is 0.429. The van der Waals surface area contributed by atoms with E-state index in [4.69, 9.17) is 28.1 Å². The molecule has 0 saturated heterocycles. The maximum atomic E-state index is 13.5. The molecule has 4 rings (SSSR count). The van der Waals surface area contributed by atoms with Crippen LogP contribution in [0.4, 0.5) is 0 Å². The van der Waals surface area contributed by atoms with E-state index in [1.165, 1.54) is 28.1 Å². The summed E-state index contributed by atoms with van der Waals surface area (Å²) in [6.45, 7) is 5.90. The summed E-state index contributed by atoms with van der Waals surface area (Å²) in [5, 5.41) is 0.428. The van der Waals surface area contributed by atoms with Gasteiger partial charge in [-0.3, -0.25) is 14.4 Å². The van der Waals surface area contributed by atoms with E-state index in [0.29, 0.717) is 5.75 Å². The van der Waals surface area contributed by atoms with Crippen LogP contribution in [0.5, 0.6) is 17.2 Å². The molecule has 1 aliphatic heterocycles. The lowest BCUT2D eigenvalue weighted by atomic mass is 9.86. The lowest BCUT2D eigenvalue weighted by molar-refractivity contribution is -0.187. The number of para-hydroxylation sites is 1. The normalized spacial score (nSPS) is 18.8. The second-order valence-electron chi connectivity index (χ2n) is 8.23. The number of carbonyl (C=O) groups is 2. The first-order valence-electron chi connectivity index (χ1n) is 10.3. The summed E-state index contributed by atoms with van der Waals surface area (Å²) in [4.78, 5) is 37.5. The summed E-state index contributed by atoms with van der Waals surface area (Å²) in [5.41, 5.74) is -0.878. The number of benzene rings is 2. The predicted molar refractivity (Wildman–Crippen MR) is 118 cm³/mol. The molecular weight excluding hydrogens is 432 g/mol. The summed E-state index contributed by atoms with van der Waals surface area (Å²) >= 11 is 0. The van der Waals surface area contributed by atoms with Crippen molar-refractivity contribution in [1.29, 1.82) is 0 Å². The van der Waals surface area contributed by atoms with E-state index < -0.39 is 29.7 Å². The number of fused-ring (bicyclic) bond motifs is 4. The number of ether oxygens (including phenoxy) is 5. The van der Waals surface area contributed by atoms with Crippen molar-refractivity contribution in [2.75, 3.05) is 14.2 Å². The van der Waals surface area contributed by atoms with Gasteiger partial charge >= 0.3 is 11.9 Å². The van der Waals surface area contributed by atoms with Gasteiger partial charge in [-0.05, 0) is 26.0 Å². The van der Waals surface area contributed by atoms with Crippen molar-refractivity contribution in [3.8, 4) is 17.2 Å². The topological polar surface area (TPSA) is 111 Å². The maximum absolute atomic E-state index is 13.5. The molecule has 2 atom stereocenters. The average molecular weight is 456 g/mol. The first kappa shape index (κ1) is 22.4. The van der Waals surface area contributed by atoms with E-state index in [1.54, 1.807) is 38.1 Å². The van der Waals surface area contributed by atoms with E-state index in [2.05, 4.69) is 0 Å². The maximum Gasteiger partial charge on any atom is 0.303 e. The Morgan fingerprint density at radius 3 is 2.24 bits per heavy atom.